The maximum absolute atomic E-state index is 12.1. The third-order valence-electron chi connectivity index (χ3n) is 6.95. The molecule has 17 heteroatoms. The van der Waals surface area contributed by atoms with Crippen LogP contribution >= 0.6 is 0 Å². The van der Waals surface area contributed by atoms with Crippen molar-refractivity contribution in [2.75, 3.05) is 26.2 Å². The first-order valence-corrected chi connectivity index (χ1v) is 12.2. The molecule has 4 aliphatic rings. The van der Waals surface area contributed by atoms with E-state index in [9.17, 15) is 24.8 Å². The summed E-state index contributed by atoms with van der Waals surface area (Å²) in [6, 6.07) is -1.79. The average Bonchev–Trinajstić information content (AvgIpc) is 3.73. The zero-order valence-corrected chi connectivity index (χ0v) is 21.4. The average molecular weight is 553 g/mol. The summed E-state index contributed by atoms with van der Waals surface area (Å²) in [5.41, 5.74) is 3.23. The van der Waals surface area contributed by atoms with Gasteiger partial charge in [0, 0.05) is 36.6 Å². The number of hydrogen-bond donors (Lipinski definition) is 2. The summed E-state index contributed by atoms with van der Waals surface area (Å²) < 4.78 is 3.13. The fraction of sp³-hybridized carbons (Fsp3) is 0.348. The number of carbonyl (C=O) groups is 3. The number of carbonyl (C=O) groups excluding carboxylic acids is 3. The van der Waals surface area contributed by atoms with Crippen LogP contribution in [0.3, 0.4) is 0 Å². The van der Waals surface area contributed by atoms with Crippen LogP contribution in [0.5, 0.6) is 0 Å². The Labute approximate surface area is 225 Å². The second-order valence-electron chi connectivity index (χ2n) is 9.60. The van der Waals surface area contributed by atoms with Crippen LogP contribution in [-0.4, -0.2) is 118 Å². The van der Waals surface area contributed by atoms with Crippen molar-refractivity contribution in [2.24, 2.45) is 10.3 Å². The van der Waals surface area contributed by atoms with Gasteiger partial charge in [-0.25, -0.2) is 19.0 Å². The van der Waals surface area contributed by atoms with Crippen LogP contribution in [0.1, 0.15) is 25.0 Å². The van der Waals surface area contributed by atoms with Gasteiger partial charge in [-0.1, -0.05) is 10.3 Å². The van der Waals surface area contributed by atoms with E-state index in [1.807, 2.05) is 0 Å². The molecular weight excluding hydrogens is 528 g/mol. The fourth-order valence-corrected chi connectivity index (χ4v) is 4.75. The lowest BCUT2D eigenvalue weighted by atomic mass is 10.2. The van der Waals surface area contributed by atoms with E-state index >= 15 is 0 Å². The summed E-state index contributed by atoms with van der Waals surface area (Å²) >= 11 is 0. The lowest BCUT2D eigenvalue weighted by Gasteiger charge is -2.20. The van der Waals surface area contributed by atoms with E-state index in [4.69, 9.17) is 9.68 Å². The molecule has 0 saturated carbocycles. The van der Waals surface area contributed by atoms with Crippen LogP contribution in [0, 0.1) is 0 Å². The van der Waals surface area contributed by atoms with Crippen molar-refractivity contribution in [3.8, 4) is 0 Å². The van der Waals surface area contributed by atoms with Gasteiger partial charge in [-0.2, -0.15) is 25.1 Å². The van der Waals surface area contributed by atoms with Crippen molar-refractivity contribution in [3.63, 3.8) is 0 Å². The molecule has 4 amide bonds. The number of urea groups is 2. The summed E-state index contributed by atoms with van der Waals surface area (Å²) in [7, 11) is 0. The number of fused-ring (bicyclic) bond motifs is 4. The highest BCUT2D eigenvalue weighted by Crippen LogP contribution is 2.26. The molecule has 17 nitrogen and oxygen atoms in total. The molecule has 6 heterocycles. The third-order valence-corrected chi connectivity index (χ3v) is 6.95. The normalized spacial score (nSPS) is 22.7. The van der Waals surface area contributed by atoms with Crippen LogP contribution in [-0.2, 0) is 9.68 Å². The molecule has 0 spiro atoms. The number of amides is 4. The Hall–Kier alpha value is -5.03. The molecule has 2 N–H and O–H groups in total. The van der Waals surface area contributed by atoms with E-state index in [0.717, 1.165) is 0 Å². The zero-order chi connectivity index (χ0) is 28.1. The lowest BCUT2D eigenvalue weighted by molar-refractivity contribution is -0.0450. The highest BCUT2D eigenvalue weighted by atomic mass is 16.8. The van der Waals surface area contributed by atoms with Crippen LogP contribution in [0.4, 0.5) is 14.4 Å². The minimum Gasteiger partial charge on any atom is -0.314 e. The Morgan fingerprint density at radius 3 is 1.65 bits per heavy atom. The lowest BCUT2D eigenvalue weighted by Crippen LogP contribution is -2.31. The predicted molar refractivity (Wildman–Crippen MR) is 134 cm³/mol. The van der Waals surface area contributed by atoms with Crippen LogP contribution in [0.2, 0.25) is 0 Å². The first kappa shape index (κ1) is 25.3. The zero-order valence-electron chi connectivity index (χ0n) is 21.4. The molecule has 4 aliphatic heterocycles. The number of oxime groups is 2. The number of hydroxylamine groups is 4. The van der Waals surface area contributed by atoms with E-state index in [1.54, 1.807) is 47.8 Å². The van der Waals surface area contributed by atoms with Gasteiger partial charge in [-0.05, 0) is 26.0 Å². The van der Waals surface area contributed by atoms with Gasteiger partial charge < -0.3 is 9.80 Å². The Balaban J connectivity index is 1.04. The number of nitrogens with zero attached hydrogens (tertiary/aromatic N) is 10. The van der Waals surface area contributed by atoms with E-state index in [1.165, 1.54) is 22.2 Å². The summed E-state index contributed by atoms with van der Waals surface area (Å²) in [6.07, 6.45) is 8.75. The molecule has 0 radical (unpaired) electrons. The molecule has 6 rings (SSSR count). The van der Waals surface area contributed by atoms with Crippen molar-refractivity contribution in [2.45, 2.75) is 25.9 Å². The molecule has 4 bridgehead atoms. The van der Waals surface area contributed by atoms with Gasteiger partial charge in [0.15, 0.2) is 0 Å². The van der Waals surface area contributed by atoms with Crippen molar-refractivity contribution < 1.29 is 34.5 Å². The molecule has 2 unspecified atom stereocenters. The number of aromatic nitrogens is 4. The van der Waals surface area contributed by atoms with Gasteiger partial charge in [-0.3, -0.25) is 20.1 Å². The van der Waals surface area contributed by atoms with Crippen molar-refractivity contribution >= 4 is 41.0 Å². The van der Waals surface area contributed by atoms with Crippen molar-refractivity contribution in [3.05, 3.63) is 48.1 Å². The van der Waals surface area contributed by atoms with Gasteiger partial charge in [0.25, 0.3) is 0 Å². The first-order valence-electron chi connectivity index (χ1n) is 12.2. The van der Waals surface area contributed by atoms with Crippen molar-refractivity contribution in [1.82, 2.24) is 39.5 Å². The first-order chi connectivity index (χ1) is 19.2. The molecule has 2 fully saturated rings. The minimum atomic E-state index is -1.15. The molecule has 2 atom stereocenters. The van der Waals surface area contributed by atoms with Crippen LogP contribution in [0.15, 0.2) is 47.3 Å². The van der Waals surface area contributed by atoms with Gasteiger partial charge in [0.1, 0.15) is 0 Å². The fourth-order valence-electron chi connectivity index (χ4n) is 4.75. The van der Waals surface area contributed by atoms with Crippen LogP contribution in [0.25, 0.3) is 11.4 Å². The highest BCUT2D eigenvalue weighted by Gasteiger charge is 2.40. The summed E-state index contributed by atoms with van der Waals surface area (Å²) in [5.74, 6) is 0. The topological polar surface area (TPSA) is 183 Å². The monoisotopic (exact) mass is 552 g/mol. The maximum atomic E-state index is 12.1. The molecule has 2 aromatic rings. The maximum Gasteiger partial charge on any atom is 0.562 e. The number of rotatable bonds is 6. The SMILES string of the molecule is C/C(=N\OC(=O)O/N=C(\C)c1cnn(C2=CC3CN(C2)C(=O)N3O)c1)c1cnn(C2=CC3CN(C2)C(=O)N3O)c1. The van der Waals surface area contributed by atoms with Crippen LogP contribution < -0.4 is 0 Å². The third kappa shape index (κ3) is 4.46. The van der Waals surface area contributed by atoms with E-state index < -0.39 is 30.3 Å². The molecule has 40 heavy (non-hydrogen) atoms. The smallest absolute Gasteiger partial charge is 0.314 e. The molecule has 2 saturated heterocycles. The van der Waals surface area contributed by atoms with E-state index in [0.29, 0.717) is 70.2 Å². The summed E-state index contributed by atoms with van der Waals surface area (Å²) in [5, 5.41) is 37.2. The number of hydrogen-bond acceptors (Lipinski definition) is 11. The molecule has 0 aliphatic carbocycles. The molecule has 2 aromatic heterocycles. The molecular formula is C23H24N10O7. The summed E-state index contributed by atoms with van der Waals surface area (Å²) in [4.78, 5) is 48.5. The quantitative estimate of drug-likeness (QED) is 0.229. The van der Waals surface area contributed by atoms with Gasteiger partial charge >= 0.3 is 18.2 Å². The van der Waals surface area contributed by atoms with Crippen molar-refractivity contribution in [1.29, 1.82) is 0 Å². The Morgan fingerprint density at radius 1 is 0.825 bits per heavy atom. The second-order valence-corrected chi connectivity index (χ2v) is 9.60. The van der Waals surface area contributed by atoms with Gasteiger partial charge in [-0.15, -0.1) is 0 Å². The highest BCUT2D eigenvalue weighted by molar-refractivity contribution is 5.99. The van der Waals surface area contributed by atoms with E-state index in [-0.39, 0.29) is 0 Å². The Kier molecular flexibility index (Phi) is 6.07. The minimum absolute atomic E-state index is 0.292. The standard InChI is InChI=1S/C23H24N10O7/c1-13(15-5-24-30(7-15)17-3-19-11-28(9-17)21(34)32(19)37)26-39-23(36)40-27-14(2)16-6-25-31(8-16)18-4-20-12-29(10-18)22(35)33(20)38/h3-8,19-20,37-38H,9-12H2,1-2H3/b26-13+,27-14+. The largest absolute Gasteiger partial charge is 0.562 e. The molecule has 0 aromatic carbocycles. The van der Waals surface area contributed by atoms with Gasteiger partial charge in [0.2, 0.25) is 0 Å². The summed E-state index contributed by atoms with van der Waals surface area (Å²) in [6.45, 7) is 4.64. The predicted octanol–water partition coefficient (Wildman–Crippen LogP) is 1.08. The van der Waals surface area contributed by atoms with E-state index in [2.05, 4.69) is 20.5 Å². The molecule has 208 valence electrons. The van der Waals surface area contributed by atoms with Gasteiger partial charge in [0.05, 0.1) is 60.4 Å². The Morgan fingerprint density at radius 2 is 1.25 bits per heavy atom. The second kappa shape index (κ2) is 9.62. The Bertz CT molecular complexity index is 1410.